The molecule has 12 atom stereocenters. The summed E-state index contributed by atoms with van der Waals surface area (Å²) in [6.45, 7) is 9.99. The van der Waals surface area contributed by atoms with Crippen LogP contribution in [0.5, 0.6) is 5.75 Å². The van der Waals surface area contributed by atoms with Gasteiger partial charge in [0, 0.05) is 49.7 Å². The highest BCUT2D eigenvalue weighted by atomic mass is 32.1. The van der Waals surface area contributed by atoms with E-state index in [1.807, 2.05) is 13.8 Å². The van der Waals surface area contributed by atoms with E-state index in [1.54, 1.807) is 13.8 Å². The highest BCUT2D eigenvalue weighted by Gasteiger charge is 2.46. The third-order valence-electron chi connectivity index (χ3n) is 16.3. The molecule has 0 aromatic heterocycles. The molecule has 1 aromatic rings. The number of aromatic hydroxyl groups is 1. The molecule has 0 aliphatic carbocycles. The Morgan fingerprint density at radius 3 is 1.46 bits per heavy atom. The number of phenolic OH excluding ortho intramolecular Hbond substituents is 1. The average molecular weight is 1390 g/mol. The van der Waals surface area contributed by atoms with Gasteiger partial charge < -0.3 is 90.6 Å². The Morgan fingerprint density at radius 1 is 0.495 bits per heavy atom. The summed E-state index contributed by atoms with van der Waals surface area (Å²) in [5.41, 5.74) is 22.2. The lowest BCUT2D eigenvalue weighted by molar-refractivity contribution is -0.148. The summed E-state index contributed by atoms with van der Waals surface area (Å²) in [5.74, 6) is -14.4. The molecule has 1 aromatic carbocycles. The first kappa shape index (κ1) is 79.5. The lowest BCUT2D eigenvalue weighted by Crippen LogP contribution is -2.62. The molecule has 0 spiro atoms. The van der Waals surface area contributed by atoms with Gasteiger partial charge in [-0.15, -0.1) is 0 Å². The Labute approximate surface area is 567 Å². The molecule has 0 bridgehead atoms. The van der Waals surface area contributed by atoms with Crippen molar-refractivity contribution in [3.8, 4) is 5.75 Å². The van der Waals surface area contributed by atoms with E-state index in [9.17, 15) is 77.0 Å². The number of primary amides is 3. The lowest BCUT2D eigenvalue weighted by atomic mass is 10.0. The van der Waals surface area contributed by atoms with Crippen molar-refractivity contribution in [2.24, 2.45) is 40.7 Å². The van der Waals surface area contributed by atoms with Crippen molar-refractivity contribution in [2.45, 2.75) is 185 Å². The summed E-state index contributed by atoms with van der Waals surface area (Å²) in [6.07, 6.45) is 0.105. The molecule has 4 rings (SSSR count). The highest BCUT2D eigenvalue weighted by Crippen LogP contribution is 2.28. The summed E-state index contributed by atoms with van der Waals surface area (Å²) in [6, 6.07) is -10.2. The minimum absolute atomic E-state index is 0.0118. The second kappa shape index (κ2) is 38.0. The lowest BCUT2D eigenvalue weighted by Gasteiger charge is -2.34. The predicted octanol–water partition coefficient (Wildman–Crippen LogP) is -5.00. The minimum atomic E-state index is -1.82. The molecule has 3 aliphatic rings. The van der Waals surface area contributed by atoms with Crippen molar-refractivity contribution in [3.63, 3.8) is 0 Å². The number of nitrogens with two attached hydrogens (primary N) is 4. The normalized spacial score (nSPS) is 19.0. The molecular formula is C60H94N16O16S3. The number of phenols is 1. The number of hydrogen-bond acceptors (Lipinski definition) is 20. The van der Waals surface area contributed by atoms with Crippen molar-refractivity contribution in [1.82, 2.24) is 62.6 Å². The molecule has 95 heavy (non-hydrogen) atoms. The molecule has 3 saturated heterocycles. The number of nitrogens with zero attached hydrogens (tertiary/aromatic N) is 3. The zero-order valence-corrected chi connectivity index (χ0v) is 56.9. The number of carbonyl (C=O) groups is 15. The van der Waals surface area contributed by atoms with Gasteiger partial charge in [-0.1, -0.05) is 53.7 Å². The third-order valence-corrected chi connectivity index (χ3v) is 17.4. The molecule has 15 amide bonds. The monoisotopic (exact) mass is 1390 g/mol. The molecule has 18 N–H and O–H groups in total. The van der Waals surface area contributed by atoms with Crippen molar-refractivity contribution in [3.05, 3.63) is 29.8 Å². The fourth-order valence-electron chi connectivity index (χ4n) is 11.2. The van der Waals surface area contributed by atoms with E-state index in [-0.39, 0.29) is 87.1 Å². The summed E-state index contributed by atoms with van der Waals surface area (Å²) in [7, 11) is 0. The Bertz CT molecular complexity index is 2960. The Morgan fingerprint density at radius 2 is 0.947 bits per heavy atom. The van der Waals surface area contributed by atoms with Gasteiger partial charge in [0.15, 0.2) is 0 Å². The number of likely N-dealkylation sites (tertiary alicyclic amines) is 3. The molecule has 0 radical (unpaired) electrons. The second-order valence-electron chi connectivity index (χ2n) is 24.8. The summed E-state index contributed by atoms with van der Waals surface area (Å²) in [4.78, 5) is 207. The van der Waals surface area contributed by atoms with Crippen LogP contribution in [-0.4, -0.2) is 224 Å². The average Bonchev–Trinajstić information content (AvgIpc) is 1.70. The van der Waals surface area contributed by atoms with Crippen molar-refractivity contribution < 1.29 is 77.0 Å². The van der Waals surface area contributed by atoms with Gasteiger partial charge in [-0.25, -0.2) is 0 Å². The Balaban J connectivity index is 1.51. The van der Waals surface area contributed by atoms with Gasteiger partial charge in [-0.2, -0.15) is 37.9 Å². The molecule has 3 aliphatic heterocycles. The maximum atomic E-state index is 14.7. The minimum Gasteiger partial charge on any atom is -0.508 e. The number of hydrogen-bond donors (Lipinski definition) is 17. The smallest absolute Gasteiger partial charge is 0.246 e. The van der Waals surface area contributed by atoms with Crippen molar-refractivity contribution in [2.75, 3.05) is 43.4 Å². The zero-order valence-electron chi connectivity index (χ0n) is 54.3. The second-order valence-corrected chi connectivity index (χ2v) is 25.9. The van der Waals surface area contributed by atoms with Gasteiger partial charge in [0.05, 0.1) is 13.0 Å². The number of carbonyl (C=O) groups excluding carboxylic acids is 15. The van der Waals surface area contributed by atoms with Gasteiger partial charge >= 0.3 is 0 Å². The zero-order chi connectivity index (χ0) is 71.1. The van der Waals surface area contributed by atoms with Gasteiger partial charge in [0.1, 0.15) is 78.3 Å². The van der Waals surface area contributed by atoms with E-state index >= 15 is 0 Å². The van der Waals surface area contributed by atoms with E-state index in [0.717, 1.165) is 0 Å². The van der Waals surface area contributed by atoms with Gasteiger partial charge in [-0.3, -0.25) is 71.9 Å². The Kier molecular flexibility index (Phi) is 31.8. The molecule has 35 heteroatoms. The number of benzene rings is 1. The predicted molar refractivity (Wildman–Crippen MR) is 355 cm³/mol. The number of thiol groups is 3. The molecule has 0 saturated carbocycles. The van der Waals surface area contributed by atoms with E-state index in [0.29, 0.717) is 24.8 Å². The maximum Gasteiger partial charge on any atom is 0.246 e. The van der Waals surface area contributed by atoms with E-state index < -0.39 is 192 Å². The summed E-state index contributed by atoms with van der Waals surface area (Å²) in [5, 5.41) is 32.9. The molecule has 528 valence electrons. The van der Waals surface area contributed by atoms with Crippen LogP contribution in [0.2, 0.25) is 0 Å². The van der Waals surface area contributed by atoms with Crippen LogP contribution in [0, 0.1) is 17.8 Å². The molecule has 3 heterocycles. The fourth-order valence-corrected chi connectivity index (χ4v) is 12.0. The van der Waals surface area contributed by atoms with Crippen LogP contribution in [-0.2, 0) is 78.3 Å². The topological polar surface area (TPSA) is 498 Å². The highest BCUT2D eigenvalue weighted by molar-refractivity contribution is 7.80. The number of rotatable bonds is 36. The van der Waals surface area contributed by atoms with E-state index in [4.69, 9.17) is 22.9 Å². The van der Waals surface area contributed by atoms with Gasteiger partial charge in [0.25, 0.3) is 0 Å². The van der Waals surface area contributed by atoms with Crippen molar-refractivity contribution >= 4 is 126 Å². The molecule has 0 unspecified atom stereocenters. The third kappa shape index (κ3) is 23.5. The van der Waals surface area contributed by atoms with E-state index in [2.05, 4.69) is 85.7 Å². The number of nitrogens with one attached hydrogen (secondary N) is 9. The summed E-state index contributed by atoms with van der Waals surface area (Å²) >= 11 is 12.7. The van der Waals surface area contributed by atoms with Gasteiger partial charge in [0.2, 0.25) is 88.6 Å². The van der Waals surface area contributed by atoms with Crippen LogP contribution in [0.3, 0.4) is 0 Å². The number of amides is 15. The first-order valence-electron chi connectivity index (χ1n) is 31.6. The molecule has 32 nitrogen and oxygen atoms in total. The largest absolute Gasteiger partial charge is 0.508 e. The van der Waals surface area contributed by atoms with E-state index in [1.165, 1.54) is 52.8 Å². The van der Waals surface area contributed by atoms with Crippen LogP contribution < -0.4 is 70.8 Å². The van der Waals surface area contributed by atoms with Crippen LogP contribution in [0.25, 0.3) is 0 Å². The van der Waals surface area contributed by atoms with Gasteiger partial charge in [-0.05, 0) is 86.8 Å². The first-order valence-corrected chi connectivity index (χ1v) is 33.5. The summed E-state index contributed by atoms with van der Waals surface area (Å²) < 4.78 is 0. The SMILES string of the molecule is CC(C)C[C@H](NC(=O)[C@H](CS)NC(=O)[C@@H]1CCCN1C(=O)[C@@H](NC(=O)[C@@H]1CCCN1C(=O)[C@@H]1CCCN1C(=O)[C@H](CS)NC(=O)[C@H](Cc1ccc(O)cc1)NC(=O)[C@H](CC(N)=O)NC(=O)[C@@H](NC(=O)[C@H](CCC(N)=O)NC(=O)[C@H](CS)NC(=O)CN)C(C)C)C(C)C)C(N)=O. The fraction of sp³-hybridized carbons (Fsp3) is 0.650. The first-order chi connectivity index (χ1) is 44.8. The molecule has 3 fully saturated rings. The maximum absolute atomic E-state index is 14.7. The van der Waals surface area contributed by atoms with Crippen LogP contribution in [0.1, 0.15) is 111 Å². The van der Waals surface area contributed by atoms with Crippen LogP contribution >= 0.6 is 37.9 Å². The standard InChI is InChI=1S/C60H94N16O16S3/c1-29(2)22-35(49(64)81)67-54(86)39(27-94)70-55(87)41-10-8-20-75(41)60(92)48(31(5)6)73-56(88)42-11-7-19-74(42)59(91)43-12-9-21-76(43)58(90)40(28-95)71-51(83)36(23-32-13-15-33(77)16-14-32)68-52(84)37(24-45(63)79)69-57(89)47(30(3)4)72-50(82)34(17-18-44(62)78)66-53(85)38(26-93)65-46(80)25-61/h13-16,29-31,34-43,47-48,77,93-95H,7-12,17-28,61H2,1-6H3,(H2,62,78)(H2,63,79)(H2,64,81)(H,65,80)(H,66,85)(H,67,86)(H,68,84)(H,69,89)(H,70,87)(H,71,83)(H,72,82)(H,73,88)/t34-,35-,36-,37-,38-,39-,40-,41-,42-,43-,47-,48-/m0/s1. The Hall–Kier alpha value is -7.92. The quantitative estimate of drug-likeness (QED) is 0.0280. The molecular weight excluding hydrogens is 1300 g/mol. The van der Waals surface area contributed by atoms with Crippen molar-refractivity contribution in [1.29, 1.82) is 0 Å². The van der Waals surface area contributed by atoms with Crippen LogP contribution in [0.15, 0.2) is 24.3 Å². The van der Waals surface area contributed by atoms with Crippen LogP contribution in [0.4, 0.5) is 0 Å².